The second kappa shape index (κ2) is 10.3. The molecule has 0 saturated carbocycles. The zero-order chi connectivity index (χ0) is 21.5. The van der Waals surface area contributed by atoms with Crippen LogP contribution in [0.25, 0.3) is 0 Å². The quantitative estimate of drug-likeness (QED) is 0.511. The van der Waals surface area contributed by atoms with E-state index in [2.05, 4.69) is 15.6 Å². The van der Waals surface area contributed by atoms with E-state index in [1.165, 1.54) is 22.7 Å². The number of sulfonamides is 1. The normalized spacial score (nSPS) is 17.3. The molecule has 1 fully saturated rings. The van der Waals surface area contributed by atoms with Crippen LogP contribution >= 0.6 is 0 Å². The van der Waals surface area contributed by atoms with Gasteiger partial charge < -0.3 is 10.6 Å². The number of aliphatic imine (C=N–C) groups is 1. The molecule has 10 heteroatoms. The number of halogens is 3. The molecule has 0 radical (unpaired) electrons. The van der Waals surface area contributed by atoms with E-state index in [1.807, 2.05) is 6.92 Å². The fraction of sp³-hybridized carbons (Fsp3) is 0.632. The Morgan fingerprint density at radius 3 is 2.31 bits per heavy atom. The fourth-order valence-electron chi connectivity index (χ4n) is 3.17. The van der Waals surface area contributed by atoms with Crippen LogP contribution in [0.4, 0.5) is 13.2 Å². The van der Waals surface area contributed by atoms with Gasteiger partial charge in [0, 0.05) is 32.7 Å². The number of rotatable bonds is 7. The minimum atomic E-state index is -4.32. The number of benzene rings is 1. The largest absolute Gasteiger partial charge is 0.416 e. The molecule has 29 heavy (non-hydrogen) atoms. The highest BCUT2D eigenvalue weighted by molar-refractivity contribution is 7.88. The summed E-state index contributed by atoms with van der Waals surface area (Å²) in [7, 11) is -3.13. The number of guanidine groups is 1. The summed E-state index contributed by atoms with van der Waals surface area (Å²) in [4.78, 5) is 4.58. The highest BCUT2D eigenvalue weighted by Crippen LogP contribution is 2.29. The van der Waals surface area contributed by atoms with Crippen LogP contribution in [-0.4, -0.2) is 57.7 Å². The lowest BCUT2D eigenvalue weighted by atomic mass is 9.98. The molecule has 1 saturated heterocycles. The van der Waals surface area contributed by atoms with Crippen LogP contribution in [0.3, 0.4) is 0 Å². The molecule has 2 rings (SSSR count). The lowest BCUT2D eigenvalue weighted by Crippen LogP contribution is -2.40. The van der Waals surface area contributed by atoms with Crippen LogP contribution in [0.15, 0.2) is 29.3 Å². The molecular weight excluding hydrogens is 405 g/mol. The van der Waals surface area contributed by atoms with Crippen LogP contribution in [-0.2, 0) is 22.6 Å². The monoisotopic (exact) mass is 434 g/mol. The van der Waals surface area contributed by atoms with Crippen molar-refractivity contribution in [1.82, 2.24) is 14.9 Å². The van der Waals surface area contributed by atoms with Gasteiger partial charge >= 0.3 is 6.18 Å². The van der Waals surface area contributed by atoms with Gasteiger partial charge in [-0.3, -0.25) is 4.99 Å². The van der Waals surface area contributed by atoms with Gasteiger partial charge in [-0.25, -0.2) is 12.7 Å². The molecule has 1 aliphatic rings. The summed E-state index contributed by atoms with van der Waals surface area (Å²) in [6, 6.07) is 5.17. The molecule has 0 aliphatic carbocycles. The topological polar surface area (TPSA) is 73.8 Å². The summed E-state index contributed by atoms with van der Waals surface area (Å²) in [5.74, 6) is 0.989. The van der Waals surface area contributed by atoms with E-state index >= 15 is 0 Å². The van der Waals surface area contributed by atoms with Crippen LogP contribution in [0, 0.1) is 5.92 Å². The van der Waals surface area contributed by atoms with Gasteiger partial charge in [0.15, 0.2) is 5.96 Å². The van der Waals surface area contributed by atoms with Gasteiger partial charge in [0.05, 0.1) is 11.8 Å². The molecule has 0 aromatic heterocycles. The highest BCUT2D eigenvalue weighted by atomic mass is 32.2. The molecule has 0 bridgehead atoms. The summed E-state index contributed by atoms with van der Waals surface area (Å²) in [6.45, 7) is 4.85. The van der Waals surface area contributed by atoms with E-state index in [0.717, 1.165) is 30.5 Å². The van der Waals surface area contributed by atoms with Crippen LogP contribution in [0.1, 0.15) is 30.9 Å². The Balaban J connectivity index is 1.81. The lowest BCUT2D eigenvalue weighted by molar-refractivity contribution is -0.137. The van der Waals surface area contributed by atoms with Crippen molar-refractivity contribution >= 4 is 16.0 Å². The fourth-order valence-corrected chi connectivity index (χ4v) is 4.05. The van der Waals surface area contributed by atoms with Crippen molar-refractivity contribution in [2.45, 2.75) is 32.4 Å². The van der Waals surface area contributed by atoms with E-state index in [9.17, 15) is 21.6 Å². The van der Waals surface area contributed by atoms with Gasteiger partial charge in [-0.15, -0.1) is 0 Å². The zero-order valence-electron chi connectivity index (χ0n) is 16.8. The minimum absolute atomic E-state index is 0.332. The molecule has 1 heterocycles. The van der Waals surface area contributed by atoms with Crippen molar-refractivity contribution in [3.8, 4) is 0 Å². The third kappa shape index (κ3) is 7.85. The summed E-state index contributed by atoms with van der Waals surface area (Å²) in [5.41, 5.74) is 0.167. The summed E-state index contributed by atoms with van der Waals surface area (Å²) in [6.07, 6.45) is -0.952. The van der Waals surface area contributed by atoms with Gasteiger partial charge in [0.1, 0.15) is 0 Å². The van der Waals surface area contributed by atoms with Crippen LogP contribution in [0.2, 0.25) is 0 Å². The first-order chi connectivity index (χ1) is 13.6. The average Bonchev–Trinajstić information content (AvgIpc) is 2.65. The molecule has 1 aliphatic heterocycles. The number of alkyl halides is 3. The van der Waals surface area contributed by atoms with E-state index in [0.29, 0.717) is 51.0 Å². The van der Waals surface area contributed by atoms with Crippen molar-refractivity contribution in [3.05, 3.63) is 35.4 Å². The smallest absolute Gasteiger partial charge is 0.357 e. The molecule has 0 amide bonds. The maximum absolute atomic E-state index is 12.6. The summed E-state index contributed by atoms with van der Waals surface area (Å²) in [5, 5.41) is 6.35. The molecule has 0 unspecified atom stereocenters. The van der Waals surface area contributed by atoms with Crippen molar-refractivity contribution in [2.24, 2.45) is 10.9 Å². The molecular formula is C19H29F3N4O2S. The summed E-state index contributed by atoms with van der Waals surface area (Å²) >= 11 is 0. The van der Waals surface area contributed by atoms with Crippen LogP contribution in [0.5, 0.6) is 0 Å². The first-order valence-corrected chi connectivity index (χ1v) is 11.6. The van der Waals surface area contributed by atoms with Gasteiger partial charge in [0.25, 0.3) is 0 Å². The van der Waals surface area contributed by atoms with Crippen molar-refractivity contribution in [3.63, 3.8) is 0 Å². The molecule has 6 nitrogen and oxygen atoms in total. The second-order valence-electron chi connectivity index (χ2n) is 7.20. The third-order valence-corrected chi connectivity index (χ3v) is 6.18. The standard InChI is InChI=1S/C19H29F3N4O2S/c1-3-23-18(25-14-16-9-12-26(13-10-16)29(2,27)28)24-11-8-15-4-6-17(7-5-15)19(20,21)22/h4-7,16H,3,8-14H2,1-2H3,(H2,23,24,25). The first kappa shape index (κ1) is 23.5. The molecule has 1 aromatic carbocycles. The average molecular weight is 435 g/mol. The van der Waals surface area contributed by atoms with Gasteiger partial charge in [-0.05, 0) is 49.8 Å². The highest BCUT2D eigenvalue weighted by Gasteiger charge is 2.29. The predicted octanol–water partition coefficient (Wildman–Crippen LogP) is 2.47. The maximum Gasteiger partial charge on any atom is 0.416 e. The van der Waals surface area contributed by atoms with Gasteiger partial charge in [-0.1, -0.05) is 12.1 Å². The molecule has 164 valence electrons. The Bertz CT molecular complexity index is 772. The number of nitrogens with one attached hydrogen (secondary N) is 2. The van der Waals surface area contributed by atoms with Crippen molar-refractivity contribution in [1.29, 1.82) is 0 Å². The van der Waals surface area contributed by atoms with Gasteiger partial charge in [0.2, 0.25) is 10.0 Å². The van der Waals surface area contributed by atoms with Crippen LogP contribution < -0.4 is 10.6 Å². The number of hydrogen-bond donors (Lipinski definition) is 2. The Morgan fingerprint density at radius 1 is 1.17 bits per heavy atom. The van der Waals surface area contributed by atoms with E-state index < -0.39 is 21.8 Å². The lowest BCUT2D eigenvalue weighted by Gasteiger charge is -2.29. The minimum Gasteiger partial charge on any atom is -0.357 e. The molecule has 1 aromatic rings. The predicted molar refractivity (Wildman–Crippen MR) is 108 cm³/mol. The first-order valence-electron chi connectivity index (χ1n) is 9.73. The summed E-state index contributed by atoms with van der Waals surface area (Å²) < 4.78 is 62.5. The van der Waals surface area contributed by atoms with Crippen molar-refractivity contribution in [2.75, 3.05) is 39.0 Å². The van der Waals surface area contributed by atoms with Gasteiger partial charge in [-0.2, -0.15) is 13.2 Å². The number of nitrogens with zero attached hydrogens (tertiary/aromatic N) is 2. The number of hydrogen-bond acceptors (Lipinski definition) is 3. The maximum atomic E-state index is 12.6. The third-order valence-electron chi connectivity index (χ3n) is 4.88. The van der Waals surface area contributed by atoms with E-state index in [1.54, 1.807) is 0 Å². The molecule has 2 N–H and O–H groups in total. The zero-order valence-corrected chi connectivity index (χ0v) is 17.6. The Morgan fingerprint density at radius 2 is 1.79 bits per heavy atom. The second-order valence-corrected chi connectivity index (χ2v) is 9.18. The van der Waals surface area contributed by atoms with E-state index in [-0.39, 0.29) is 0 Å². The SMILES string of the molecule is CCNC(=NCC1CCN(S(C)(=O)=O)CC1)NCCc1ccc(C(F)(F)F)cc1. The molecule has 0 spiro atoms. The number of piperidine rings is 1. The molecule has 0 atom stereocenters. The van der Waals surface area contributed by atoms with Crippen molar-refractivity contribution < 1.29 is 21.6 Å². The van der Waals surface area contributed by atoms with E-state index in [4.69, 9.17) is 0 Å². The Hall–Kier alpha value is -1.81. The Labute approximate surface area is 170 Å². The Kier molecular flexibility index (Phi) is 8.33.